The molecule has 0 spiro atoms. The van der Waals surface area contributed by atoms with E-state index in [1.807, 2.05) is 64.1 Å². The molecule has 4 rings (SSSR count). The Morgan fingerprint density at radius 3 is 2.35 bits per heavy atom. The van der Waals surface area contributed by atoms with Gasteiger partial charge in [0.15, 0.2) is 37.9 Å². The topological polar surface area (TPSA) is 124 Å². The molecule has 9 nitrogen and oxygen atoms in total. The molecule has 0 aliphatic heterocycles. The van der Waals surface area contributed by atoms with Gasteiger partial charge in [0.1, 0.15) is 11.3 Å². The van der Waals surface area contributed by atoms with Crippen molar-refractivity contribution < 1.29 is 38.4 Å². The zero-order chi connectivity index (χ0) is 28.6. The summed E-state index contributed by atoms with van der Waals surface area (Å²) in [5, 5.41) is 30.4. The average molecular weight is 536 g/mol. The Labute approximate surface area is 233 Å². The Morgan fingerprint density at radius 2 is 1.62 bits per heavy atom. The largest absolute Gasteiger partial charge is 0.569 e. The van der Waals surface area contributed by atoms with E-state index in [2.05, 4.69) is 11.9 Å². The van der Waals surface area contributed by atoms with Crippen LogP contribution >= 0.6 is 0 Å². The normalized spacial score (nSPS) is 10.5. The van der Waals surface area contributed by atoms with Crippen LogP contribution < -0.4 is 24.6 Å². The summed E-state index contributed by atoms with van der Waals surface area (Å²) >= 11 is 0. The minimum atomic E-state index is -1.60. The van der Waals surface area contributed by atoms with Gasteiger partial charge in [-0.2, -0.15) is 4.57 Å². The molecule has 0 aliphatic carbocycles. The molecular weight excluding hydrogens is 508 g/mol. The fourth-order valence-corrected chi connectivity index (χ4v) is 4.13. The number of nitrogens with one attached hydrogen (secondary N) is 1. The number of aromatic nitrogens is 2. The Morgan fingerprint density at radius 1 is 0.925 bits per heavy atom. The smallest absolute Gasteiger partial charge is 0.537 e. The van der Waals surface area contributed by atoms with Crippen LogP contribution in [0.1, 0.15) is 28.4 Å². The highest BCUT2D eigenvalue weighted by Crippen LogP contribution is 2.18. The molecule has 0 saturated carbocycles. The number of hydrogen-bond donors (Lipinski definition) is 4. The van der Waals surface area contributed by atoms with Crippen molar-refractivity contribution in [3.63, 3.8) is 0 Å². The Balaban J connectivity index is 1.69. The van der Waals surface area contributed by atoms with Gasteiger partial charge in [0.2, 0.25) is 0 Å². The lowest BCUT2D eigenvalue weighted by atomic mass is 9.79. The van der Waals surface area contributed by atoms with Crippen molar-refractivity contribution in [1.29, 1.82) is 0 Å². The van der Waals surface area contributed by atoms with Gasteiger partial charge >= 0.3 is 14.8 Å². The molecule has 4 N–H and O–H groups in total. The number of amides is 2. The number of hydrogen-bond acceptors (Lipinski definition) is 6. The summed E-state index contributed by atoms with van der Waals surface area (Å²) < 4.78 is 8.85. The first kappa shape index (κ1) is 28.4. The molecule has 1 radical (unpaired) electrons. The third-order valence-electron chi connectivity index (χ3n) is 6.06. The molecule has 0 unspecified atom stereocenters. The minimum Gasteiger partial charge on any atom is -0.537 e. The number of nitrogens with zero attached hydrogens (tertiary/aromatic N) is 2. The van der Waals surface area contributed by atoms with E-state index in [0.29, 0.717) is 32.0 Å². The first-order valence-electron chi connectivity index (χ1n) is 12.4. The van der Waals surface area contributed by atoms with Crippen molar-refractivity contribution in [2.45, 2.75) is 20.0 Å². The molecule has 0 saturated heterocycles. The van der Waals surface area contributed by atoms with Crippen LogP contribution in [0.25, 0.3) is 11.1 Å². The number of benzene rings is 2. The van der Waals surface area contributed by atoms with Crippen molar-refractivity contribution >= 4 is 32.1 Å². The highest BCUT2D eigenvalue weighted by Gasteiger charge is 2.20. The predicted molar refractivity (Wildman–Crippen MR) is 149 cm³/mol. The molecule has 2 aromatic heterocycles. The summed E-state index contributed by atoms with van der Waals surface area (Å²) in [4.78, 5) is 25.1. The van der Waals surface area contributed by atoms with Crippen LogP contribution in [0.4, 0.5) is 0 Å². The quantitative estimate of drug-likeness (QED) is 0.133. The zero-order valence-electron chi connectivity index (χ0n) is 21.9. The van der Waals surface area contributed by atoms with Gasteiger partial charge in [0.25, 0.3) is 11.8 Å². The molecule has 11 heteroatoms. The van der Waals surface area contributed by atoms with Gasteiger partial charge in [0, 0.05) is 22.8 Å². The molecule has 0 aliphatic rings. The summed E-state index contributed by atoms with van der Waals surface area (Å²) in [5.74, 6) is -0.614. The summed E-state index contributed by atoms with van der Waals surface area (Å²) in [6, 6.07) is 19.7. The molecule has 4 aromatic rings. The first-order chi connectivity index (χ1) is 19.2. The van der Waals surface area contributed by atoms with E-state index >= 15 is 0 Å². The number of carbonyl (C=O) groups excluding carboxylic acids is 2. The van der Waals surface area contributed by atoms with Gasteiger partial charge in [0.05, 0.1) is 11.1 Å². The monoisotopic (exact) mass is 536 g/mol. The fraction of sp³-hybridized carbons (Fsp3) is 0.103. The van der Waals surface area contributed by atoms with Crippen LogP contribution in [0.15, 0.2) is 104 Å². The first-order valence-corrected chi connectivity index (χ1v) is 12.4. The van der Waals surface area contributed by atoms with E-state index < -0.39 is 18.9 Å². The Kier molecular flexibility index (Phi) is 9.23. The van der Waals surface area contributed by atoms with E-state index in [-0.39, 0.29) is 11.1 Å². The second-order valence-corrected chi connectivity index (χ2v) is 9.30. The van der Waals surface area contributed by atoms with Crippen LogP contribution in [0.5, 0.6) is 5.75 Å². The second-order valence-electron chi connectivity index (χ2n) is 9.30. The zero-order valence-corrected chi connectivity index (χ0v) is 21.9. The van der Waals surface area contributed by atoms with Crippen molar-refractivity contribution in [3.8, 4) is 16.9 Å². The number of pyridine rings is 2. The molecule has 0 atom stereocenters. The fourth-order valence-electron chi connectivity index (χ4n) is 4.13. The van der Waals surface area contributed by atoms with Crippen LogP contribution in [0, 0.1) is 0 Å². The van der Waals surface area contributed by atoms with Gasteiger partial charge < -0.3 is 19.7 Å². The molecule has 2 aromatic carbocycles. The Hall–Kier alpha value is -4.57. The SMILES string of the molecule is C=C(C)C(=O)NC(=O)c1cc(-c2ccc[n+](Cc3cccc(O[B]O)c3)c2)c[n+](Cc2cccc(B(O)O)c2)c1. The van der Waals surface area contributed by atoms with Crippen molar-refractivity contribution in [2.75, 3.05) is 0 Å². The third-order valence-corrected chi connectivity index (χ3v) is 6.06. The van der Waals surface area contributed by atoms with Crippen LogP contribution in [-0.2, 0) is 17.9 Å². The maximum atomic E-state index is 13.0. The summed E-state index contributed by atoms with van der Waals surface area (Å²) in [7, 11) is -0.961. The van der Waals surface area contributed by atoms with Gasteiger partial charge in [-0.1, -0.05) is 43.0 Å². The molecule has 199 valence electrons. The maximum absolute atomic E-state index is 13.0. The van der Waals surface area contributed by atoms with Gasteiger partial charge in [-0.05, 0) is 36.7 Å². The van der Waals surface area contributed by atoms with Gasteiger partial charge in [-0.3, -0.25) is 14.9 Å². The molecule has 40 heavy (non-hydrogen) atoms. The Bertz CT molecular complexity index is 1560. The minimum absolute atomic E-state index is 0.215. The van der Waals surface area contributed by atoms with Crippen molar-refractivity contribution in [1.82, 2.24) is 5.32 Å². The summed E-state index contributed by atoms with van der Waals surface area (Å²) in [6.07, 6.45) is 7.36. The van der Waals surface area contributed by atoms with E-state index in [1.165, 1.54) is 6.92 Å². The van der Waals surface area contributed by atoms with E-state index in [4.69, 9.17) is 9.68 Å². The summed E-state index contributed by atoms with van der Waals surface area (Å²) in [6.45, 7) is 5.98. The molecule has 2 amide bonds. The molecule has 0 fully saturated rings. The predicted octanol–water partition coefficient (Wildman–Crippen LogP) is 0.443. The van der Waals surface area contributed by atoms with E-state index in [9.17, 15) is 19.6 Å². The maximum Gasteiger partial charge on any atom is 0.569 e. The van der Waals surface area contributed by atoms with Crippen LogP contribution in [0.2, 0.25) is 0 Å². The molecule has 2 heterocycles. The second kappa shape index (κ2) is 13.0. The average Bonchev–Trinajstić information content (AvgIpc) is 2.93. The highest BCUT2D eigenvalue weighted by atomic mass is 16.5. The van der Waals surface area contributed by atoms with Crippen molar-refractivity contribution in [3.05, 3.63) is 120 Å². The lowest BCUT2D eigenvalue weighted by Crippen LogP contribution is -2.38. The highest BCUT2D eigenvalue weighted by molar-refractivity contribution is 6.58. The standard InChI is InChI=1S/C29H27B2N3O6/c1-20(2)28(35)32-29(36)25-14-24(18-34(19-25)16-21-6-3-9-26(12-21)31(38)39)23-8-5-11-33(17-23)15-22-7-4-10-27(13-22)40-30-37/h3-14,17-19,37-39H,1,15-16H2,2H3/q+1/p+1. The van der Waals surface area contributed by atoms with E-state index in [0.717, 1.165) is 22.3 Å². The molecule has 0 bridgehead atoms. The number of carbonyl (C=O) groups is 2. The third kappa shape index (κ3) is 7.51. The summed E-state index contributed by atoms with van der Waals surface area (Å²) in [5.41, 5.74) is 4.15. The number of rotatable bonds is 10. The van der Waals surface area contributed by atoms with E-state index in [1.54, 1.807) is 36.5 Å². The molecular formula is C29H28B2N3O6+2. The van der Waals surface area contributed by atoms with Gasteiger partial charge in [-0.15, -0.1) is 0 Å². The van der Waals surface area contributed by atoms with Gasteiger partial charge in [-0.25, -0.2) is 4.57 Å². The number of imide groups is 1. The van der Waals surface area contributed by atoms with Crippen LogP contribution in [0.3, 0.4) is 0 Å². The van der Waals surface area contributed by atoms with Crippen molar-refractivity contribution in [2.24, 2.45) is 0 Å². The lowest BCUT2D eigenvalue weighted by Gasteiger charge is -2.08. The lowest BCUT2D eigenvalue weighted by molar-refractivity contribution is -0.689. The van der Waals surface area contributed by atoms with Crippen LogP contribution in [-0.4, -0.2) is 41.7 Å².